The SMILES string of the molecule is O=C(NN=Cc1ccc(N(c2ccccc2)c2ccccc2)cc1)c1ccc([N+](=O)[O-])cc1. The number of non-ortho nitro benzene ring substituents is 1. The highest BCUT2D eigenvalue weighted by molar-refractivity contribution is 5.95. The van der Waals surface area contributed by atoms with E-state index in [1.54, 1.807) is 6.21 Å². The van der Waals surface area contributed by atoms with Gasteiger partial charge in [-0.15, -0.1) is 0 Å². The summed E-state index contributed by atoms with van der Waals surface area (Å²) in [5, 5.41) is 14.7. The first-order valence-corrected chi connectivity index (χ1v) is 10.2. The van der Waals surface area contributed by atoms with Crippen molar-refractivity contribution in [3.8, 4) is 0 Å². The van der Waals surface area contributed by atoms with E-state index in [2.05, 4.69) is 39.7 Å². The van der Waals surface area contributed by atoms with Gasteiger partial charge in [-0.3, -0.25) is 14.9 Å². The first-order chi connectivity index (χ1) is 16.1. The Hall–Kier alpha value is -4.78. The van der Waals surface area contributed by atoms with Crippen molar-refractivity contribution >= 4 is 34.9 Å². The van der Waals surface area contributed by atoms with Crippen molar-refractivity contribution in [2.45, 2.75) is 0 Å². The van der Waals surface area contributed by atoms with Crippen molar-refractivity contribution in [3.63, 3.8) is 0 Å². The van der Waals surface area contributed by atoms with Gasteiger partial charge in [0.05, 0.1) is 11.1 Å². The van der Waals surface area contributed by atoms with Gasteiger partial charge in [-0.25, -0.2) is 5.43 Å². The Balaban J connectivity index is 1.47. The molecule has 7 heteroatoms. The molecule has 0 aliphatic heterocycles. The van der Waals surface area contributed by atoms with Gasteiger partial charge in [0.2, 0.25) is 0 Å². The molecule has 0 fully saturated rings. The number of nitrogens with one attached hydrogen (secondary N) is 1. The lowest BCUT2D eigenvalue weighted by Crippen LogP contribution is -2.17. The van der Waals surface area contributed by atoms with E-state index >= 15 is 0 Å². The second kappa shape index (κ2) is 10.0. The number of nitrogens with zero attached hydrogens (tertiary/aromatic N) is 3. The molecule has 0 atom stereocenters. The molecule has 0 radical (unpaired) electrons. The number of hydrazone groups is 1. The number of hydrogen-bond acceptors (Lipinski definition) is 5. The number of hydrogen-bond donors (Lipinski definition) is 1. The second-order valence-electron chi connectivity index (χ2n) is 7.10. The van der Waals surface area contributed by atoms with Crippen LogP contribution in [0.15, 0.2) is 114 Å². The first kappa shape index (κ1) is 21.5. The van der Waals surface area contributed by atoms with Crippen LogP contribution < -0.4 is 10.3 Å². The van der Waals surface area contributed by atoms with Gasteiger partial charge in [-0.2, -0.15) is 5.10 Å². The molecule has 0 saturated heterocycles. The molecule has 4 rings (SSSR count). The van der Waals surface area contributed by atoms with Gasteiger partial charge in [0.25, 0.3) is 11.6 Å². The number of carbonyl (C=O) groups is 1. The smallest absolute Gasteiger partial charge is 0.271 e. The van der Waals surface area contributed by atoms with E-state index < -0.39 is 10.8 Å². The minimum absolute atomic E-state index is 0.0739. The molecule has 0 aromatic heterocycles. The summed E-state index contributed by atoms with van der Waals surface area (Å²) >= 11 is 0. The Kier molecular flexibility index (Phi) is 6.51. The van der Waals surface area contributed by atoms with E-state index in [9.17, 15) is 14.9 Å². The van der Waals surface area contributed by atoms with E-state index in [-0.39, 0.29) is 11.3 Å². The van der Waals surface area contributed by atoms with Crippen LogP contribution in [0, 0.1) is 10.1 Å². The highest BCUT2D eigenvalue weighted by Gasteiger charge is 2.11. The Morgan fingerprint density at radius 1 is 0.758 bits per heavy atom. The van der Waals surface area contributed by atoms with Gasteiger partial charge in [0, 0.05) is 34.8 Å². The summed E-state index contributed by atoms with van der Waals surface area (Å²) in [6, 6.07) is 33.3. The molecule has 0 saturated carbocycles. The molecule has 7 nitrogen and oxygen atoms in total. The lowest BCUT2D eigenvalue weighted by atomic mass is 10.1. The van der Waals surface area contributed by atoms with E-state index in [0.717, 1.165) is 22.6 Å². The van der Waals surface area contributed by atoms with Crippen LogP contribution in [0.5, 0.6) is 0 Å². The van der Waals surface area contributed by atoms with Crippen molar-refractivity contribution < 1.29 is 9.72 Å². The number of amides is 1. The lowest BCUT2D eigenvalue weighted by molar-refractivity contribution is -0.384. The van der Waals surface area contributed by atoms with E-state index in [1.807, 2.05) is 60.7 Å². The van der Waals surface area contributed by atoms with Crippen LogP contribution in [-0.2, 0) is 0 Å². The van der Waals surface area contributed by atoms with Crippen LogP contribution in [0.2, 0.25) is 0 Å². The monoisotopic (exact) mass is 436 g/mol. The molecule has 0 bridgehead atoms. The number of nitro benzene ring substituents is 1. The van der Waals surface area contributed by atoms with Crippen LogP contribution >= 0.6 is 0 Å². The van der Waals surface area contributed by atoms with Gasteiger partial charge >= 0.3 is 0 Å². The van der Waals surface area contributed by atoms with Crippen molar-refractivity contribution in [2.24, 2.45) is 5.10 Å². The summed E-state index contributed by atoms with van der Waals surface area (Å²) in [6.07, 6.45) is 1.54. The molecule has 4 aromatic carbocycles. The fourth-order valence-corrected chi connectivity index (χ4v) is 3.28. The zero-order valence-electron chi connectivity index (χ0n) is 17.5. The Morgan fingerprint density at radius 3 is 1.79 bits per heavy atom. The maximum absolute atomic E-state index is 12.2. The van der Waals surface area contributed by atoms with Gasteiger partial charge in [0.15, 0.2) is 0 Å². The van der Waals surface area contributed by atoms with Gasteiger partial charge in [-0.1, -0.05) is 48.5 Å². The predicted molar refractivity (Wildman–Crippen MR) is 129 cm³/mol. The lowest BCUT2D eigenvalue weighted by Gasteiger charge is -2.25. The van der Waals surface area contributed by atoms with Crippen molar-refractivity contribution in [3.05, 3.63) is 130 Å². The quantitative estimate of drug-likeness (QED) is 0.224. The van der Waals surface area contributed by atoms with E-state index in [4.69, 9.17) is 0 Å². The number of benzene rings is 4. The summed E-state index contributed by atoms with van der Waals surface area (Å²) in [5.41, 5.74) is 6.53. The Labute approximate surface area is 190 Å². The molecular weight excluding hydrogens is 416 g/mol. The fourth-order valence-electron chi connectivity index (χ4n) is 3.28. The van der Waals surface area contributed by atoms with Gasteiger partial charge in [-0.05, 0) is 54.1 Å². The maximum atomic E-state index is 12.2. The molecule has 162 valence electrons. The Bertz CT molecular complexity index is 1220. The molecule has 4 aromatic rings. The topological polar surface area (TPSA) is 87.8 Å². The minimum atomic E-state index is -0.514. The highest BCUT2D eigenvalue weighted by Crippen LogP contribution is 2.33. The zero-order chi connectivity index (χ0) is 23.0. The summed E-state index contributed by atoms with van der Waals surface area (Å²) in [4.78, 5) is 24.5. The third kappa shape index (κ3) is 5.29. The van der Waals surface area contributed by atoms with Crippen molar-refractivity contribution in [1.82, 2.24) is 5.43 Å². The first-order valence-electron chi connectivity index (χ1n) is 10.2. The molecular formula is C26H20N4O3. The van der Waals surface area contributed by atoms with E-state index in [0.29, 0.717) is 0 Å². The van der Waals surface area contributed by atoms with Crippen molar-refractivity contribution in [2.75, 3.05) is 4.90 Å². The number of rotatable bonds is 7. The number of anilines is 3. The predicted octanol–water partition coefficient (Wildman–Crippen LogP) is 5.83. The number of nitro groups is 1. The Morgan fingerprint density at radius 2 is 1.27 bits per heavy atom. The fraction of sp³-hybridized carbons (Fsp3) is 0. The van der Waals surface area contributed by atoms with Crippen LogP contribution in [-0.4, -0.2) is 17.0 Å². The summed E-state index contributed by atoms with van der Waals surface area (Å²) in [5.74, 6) is -0.447. The molecule has 0 heterocycles. The molecule has 0 aliphatic rings. The van der Waals surface area contributed by atoms with Gasteiger partial charge < -0.3 is 4.90 Å². The third-order valence-corrected chi connectivity index (χ3v) is 4.90. The summed E-state index contributed by atoms with van der Waals surface area (Å²) in [6.45, 7) is 0. The van der Waals surface area contributed by atoms with E-state index in [1.165, 1.54) is 24.3 Å². The molecule has 1 N–H and O–H groups in total. The highest BCUT2D eigenvalue weighted by atomic mass is 16.6. The van der Waals surface area contributed by atoms with Crippen LogP contribution in [0.1, 0.15) is 15.9 Å². The van der Waals surface area contributed by atoms with Crippen LogP contribution in [0.3, 0.4) is 0 Å². The maximum Gasteiger partial charge on any atom is 0.271 e. The number of para-hydroxylation sites is 2. The van der Waals surface area contributed by atoms with Crippen molar-refractivity contribution in [1.29, 1.82) is 0 Å². The largest absolute Gasteiger partial charge is 0.311 e. The summed E-state index contributed by atoms with van der Waals surface area (Å²) in [7, 11) is 0. The van der Waals surface area contributed by atoms with Crippen LogP contribution in [0.25, 0.3) is 0 Å². The standard InChI is InChI=1S/C26H20N4O3/c31-26(21-13-17-25(18-14-21)30(32)33)28-27-19-20-11-15-24(16-12-20)29(22-7-3-1-4-8-22)23-9-5-2-6-10-23/h1-19H,(H,28,31). The molecule has 1 amide bonds. The second-order valence-corrected chi connectivity index (χ2v) is 7.10. The minimum Gasteiger partial charge on any atom is -0.311 e. The van der Waals surface area contributed by atoms with Crippen LogP contribution in [0.4, 0.5) is 22.7 Å². The molecule has 0 aliphatic carbocycles. The molecule has 0 spiro atoms. The normalized spacial score (nSPS) is 10.7. The molecule has 0 unspecified atom stereocenters. The molecule has 33 heavy (non-hydrogen) atoms. The average Bonchev–Trinajstić information content (AvgIpc) is 2.86. The number of carbonyl (C=O) groups excluding carboxylic acids is 1. The third-order valence-electron chi connectivity index (χ3n) is 4.90. The van der Waals surface area contributed by atoms with Gasteiger partial charge in [0.1, 0.15) is 0 Å². The zero-order valence-corrected chi connectivity index (χ0v) is 17.5. The average molecular weight is 436 g/mol. The summed E-state index contributed by atoms with van der Waals surface area (Å²) < 4.78 is 0.